The summed E-state index contributed by atoms with van der Waals surface area (Å²) in [5.41, 5.74) is 3.12. The van der Waals surface area contributed by atoms with Crippen molar-refractivity contribution in [3.05, 3.63) is 65.0 Å². The fourth-order valence-electron chi connectivity index (χ4n) is 5.68. The fourth-order valence-corrected chi connectivity index (χ4v) is 5.68. The van der Waals surface area contributed by atoms with Gasteiger partial charge in [-0.1, -0.05) is 6.07 Å². The molecule has 4 aliphatic heterocycles. The molecule has 4 saturated heterocycles. The number of rotatable bonds is 3. The van der Waals surface area contributed by atoms with Gasteiger partial charge in [0.15, 0.2) is 0 Å². The molecule has 1 aromatic carbocycles. The van der Waals surface area contributed by atoms with E-state index in [1.807, 2.05) is 12.3 Å². The predicted octanol–water partition coefficient (Wildman–Crippen LogP) is 3.73. The first kappa shape index (κ1) is 17.3. The Balaban J connectivity index is 1.51. The molecule has 0 aliphatic carbocycles. The highest BCUT2D eigenvalue weighted by atomic mass is 19.1. The molecular formula is C22H25F2N3. The van der Waals surface area contributed by atoms with E-state index in [0.29, 0.717) is 18.0 Å². The third kappa shape index (κ3) is 2.97. The van der Waals surface area contributed by atoms with Crippen molar-refractivity contribution in [2.24, 2.45) is 5.92 Å². The largest absolute Gasteiger partial charge is 0.298 e. The third-order valence-corrected chi connectivity index (χ3v) is 6.88. The first-order chi connectivity index (χ1) is 13.1. The second-order valence-electron chi connectivity index (χ2n) is 8.36. The Labute approximate surface area is 159 Å². The van der Waals surface area contributed by atoms with Crippen molar-refractivity contribution < 1.29 is 8.78 Å². The van der Waals surface area contributed by atoms with Crippen LogP contribution in [0.5, 0.6) is 0 Å². The average molecular weight is 369 g/mol. The highest BCUT2D eigenvalue weighted by Crippen LogP contribution is 2.47. The molecule has 0 saturated carbocycles. The first-order valence-corrected chi connectivity index (χ1v) is 9.95. The lowest BCUT2D eigenvalue weighted by molar-refractivity contribution is -0.00904. The van der Waals surface area contributed by atoms with Gasteiger partial charge in [0.2, 0.25) is 0 Å². The molecule has 3 atom stereocenters. The molecule has 142 valence electrons. The van der Waals surface area contributed by atoms with Crippen LogP contribution in [0.25, 0.3) is 0 Å². The van der Waals surface area contributed by atoms with E-state index in [9.17, 15) is 8.78 Å². The third-order valence-electron chi connectivity index (χ3n) is 6.88. The van der Waals surface area contributed by atoms with Gasteiger partial charge in [0, 0.05) is 43.4 Å². The Morgan fingerprint density at radius 3 is 2.52 bits per heavy atom. The Morgan fingerprint density at radius 2 is 1.81 bits per heavy atom. The van der Waals surface area contributed by atoms with Crippen LogP contribution in [-0.4, -0.2) is 46.5 Å². The zero-order valence-electron chi connectivity index (χ0n) is 15.6. The summed E-state index contributed by atoms with van der Waals surface area (Å²) in [6.45, 7) is 5.97. The smallest absolute Gasteiger partial charge is 0.126 e. The van der Waals surface area contributed by atoms with Crippen molar-refractivity contribution in [1.29, 1.82) is 0 Å². The summed E-state index contributed by atoms with van der Waals surface area (Å²) >= 11 is 0. The number of nitrogens with zero attached hydrogens (tertiary/aromatic N) is 3. The minimum atomic E-state index is -0.475. The van der Waals surface area contributed by atoms with Crippen LogP contribution in [0.4, 0.5) is 8.78 Å². The topological polar surface area (TPSA) is 19.4 Å². The van der Waals surface area contributed by atoms with E-state index in [2.05, 4.69) is 27.8 Å². The number of piperidine rings is 3. The summed E-state index contributed by atoms with van der Waals surface area (Å²) in [6, 6.07) is 8.91. The van der Waals surface area contributed by atoms with Crippen molar-refractivity contribution in [3.63, 3.8) is 0 Å². The van der Waals surface area contributed by atoms with Crippen molar-refractivity contribution in [2.45, 2.75) is 44.3 Å². The maximum absolute atomic E-state index is 13.9. The van der Waals surface area contributed by atoms with Crippen molar-refractivity contribution in [2.75, 3.05) is 19.6 Å². The molecule has 0 unspecified atom stereocenters. The van der Waals surface area contributed by atoms with Crippen molar-refractivity contribution in [3.8, 4) is 0 Å². The number of aromatic nitrogens is 1. The molecule has 3 nitrogen and oxygen atoms in total. The quantitative estimate of drug-likeness (QED) is 0.822. The zero-order valence-corrected chi connectivity index (χ0v) is 15.6. The minimum Gasteiger partial charge on any atom is -0.298 e. The predicted molar refractivity (Wildman–Crippen MR) is 100 cm³/mol. The number of hydrogen-bond donors (Lipinski definition) is 0. The number of pyridine rings is 1. The lowest BCUT2D eigenvalue weighted by Crippen LogP contribution is -2.60. The van der Waals surface area contributed by atoms with Crippen LogP contribution in [0.1, 0.15) is 35.6 Å². The Hall–Kier alpha value is -1.85. The Morgan fingerprint density at radius 1 is 1.07 bits per heavy atom. The van der Waals surface area contributed by atoms with Gasteiger partial charge in [-0.05, 0) is 68.1 Å². The molecule has 1 aromatic heterocycles. The van der Waals surface area contributed by atoms with Gasteiger partial charge in [-0.3, -0.25) is 14.8 Å². The summed E-state index contributed by atoms with van der Waals surface area (Å²) in [5, 5.41) is 0. The molecule has 0 spiro atoms. The van der Waals surface area contributed by atoms with Crippen molar-refractivity contribution >= 4 is 0 Å². The van der Waals surface area contributed by atoms with Crippen LogP contribution in [-0.2, 0) is 6.54 Å². The molecule has 6 rings (SSSR count). The molecule has 4 fully saturated rings. The number of likely N-dealkylation sites (tertiary alicyclic amines) is 1. The van der Waals surface area contributed by atoms with E-state index in [0.717, 1.165) is 43.5 Å². The highest BCUT2D eigenvalue weighted by Gasteiger charge is 2.53. The number of halogens is 2. The highest BCUT2D eigenvalue weighted by molar-refractivity contribution is 5.29. The normalized spacial score (nSPS) is 32.6. The standard InChI is InChI=1S/C22H25F2N3/c1-14-3-2-6-25-20(14)13-27-12-19(16-9-17(23)11-18(24)10-16)22-21(27)15-4-7-26(22)8-5-15/h2-3,6,9-11,15,19,21-22H,4-5,7-8,12-13H2,1H3/t19-,21+,22+/m1/s1. The van der Waals surface area contributed by atoms with Crippen LogP contribution in [0.3, 0.4) is 0 Å². The molecule has 4 aliphatic rings. The molecule has 2 aromatic rings. The van der Waals surface area contributed by atoms with Crippen LogP contribution < -0.4 is 0 Å². The van der Waals surface area contributed by atoms with Crippen LogP contribution >= 0.6 is 0 Å². The Kier molecular flexibility index (Phi) is 4.25. The van der Waals surface area contributed by atoms with Gasteiger partial charge in [0.25, 0.3) is 0 Å². The van der Waals surface area contributed by atoms with Crippen molar-refractivity contribution in [1.82, 2.24) is 14.8 Å². The molecule has 0 N–H and O–H groups in total. The first-order valence-electron chi connectivity index (χ1n) is 9.95. The van der Waals surface area contributed by atoms with Gasteiger partial charge in [-0.25, -0.2) is 8.78 Å². The molecule has 2 bridgehead atoms. The van der Waals surface area contributed by atoms with E-state index in [1.165, 1.54) is 30.5 Å². The lowest BCUT2D eigenvalue weighted by atomic mass is 9.75. The van der Waals surface area contributed by atoms with Gasteiger partial charge in [0.1, 0.15) is 11.6 Å². The molecule has 5 heterocycles. The lowest BCUT2D eigenvalue weighted by Gasteiger charge is -2.51. The maximum Gasteiger partial charge on any atom is 0.126 e. The molecule has 27 heavy (non-hydrogen) atoms. The van der Waals surface area contributed by atoms with E-state index in [1.54, 1.807) is 0 Å². The zero-order chi connectivity index (χ0) is 18.5. The van der Waals surface area contributed by atoms with Crippen LogP contribution in [0, 0.1) is 24.5 Å². The fraction of sp³-hybridized carbons (Fsp3) is 0.500. The van der Waals surface area contributed by atoms with E-state index in [4.69, 9.17) is 0 Å². The molecule has 0 radical (unpaired) electrons. The second kappa shape index (κ2) is 6.64. The van der Waals surface area contributed by atoms with Gasteiger partial charge in [-0.2, -0.15) is 0 Å². The van der Waals surface area contributed by atoms with Crippen LogP contribution in [0.2, 0.25) is 0 Å². The summed E-state index contributed by atoms with van der Waals surface area (Å²) in [6.07, 6.45) is 4.30. The summed E-state index contributed by atoms with van der Waals surface area (Å²) in [5.74, 6) is -0.132. The molecule has 5 heteroatoms. The molecular weight excluding hydrogens is 344 g/mol. The minimum absolute atomic E-state index is 0.146. The number of benzene rings is 1. The number of fused-ring (bicyclic) bond motifs is 2. The van der Waals surface area contributed by atoms with Gasteiger partial charge >= 0.3 is 0 Å². The molecule has 0 amide bonds. The maximum atomic E-state index is 13.9. The summed E-state index contributed by atoms with van der Waals surface area (Å²) in [4.78, 5) is 9.68. The van der Waals surface area contributed by atoms with E-state index in [-0.39, 0.29) is 5.92 Å². The van der Waals surface area contributed by atoms with E-state index >= 15 is 0 Å². The SMILES string of the molecule is Cc1cccnc1CN1C[C@H](c2cc(F)cc(F)c2)[C@H]2[C@@H]1C1CCN2CC1. The summed E-state index contributed by atoms with van der Waals surface area (Å²) < 4.78 is 27.8. The summed E-state index contributed by atoms with van der Waals surface area (Å²) in [7, 11) is 0. The second-order valence-corrected chi connectivity index (χ2v) is 8.36. The Bertz CT molecular complexity index is 827. The monoisotopic (exact) mass is 369 g/mol. The van der Waals surface area contributed by atoms with Gasteiger partial charge in [-0.15, -0.1) is 0 Å². The number of aryl methyl sites for hydroxylation is 1. The van der Waals surface area contributed by atoms with Gasteiger partial charge in [0.05, 0.1) is 5.69 Å². The van der Waals surface area contributed by atoms with E-state index < -0.39 is 11.6 Å². The number of hydrogen-bond acceptors (Lipinski definition) is 3. The van der Waals surface area contributed by atoms with Gasteiger partial charge < -0.3 is 0 Å². The van der Waals surface area contributed by atoms with Crippen LogP contribution in [0.15, 0.2) is 36.5 Å². The average Bonchev–Trinajstić information content (AvgIpc) is 3.05.